The van der Waals surface area contributed by atoms with Crippen LogP contribution in [0.4, 0.5) is 0 Å². The second-order valence-electron chi connectivity index (χ2n) is 7.65. The normalized spacial score (nSPS) is 16.5. The first-order valence-corrected chi connectivity index (χ1v) is 10.5. The van der Waals surface area contributed by atoms with Crippen LogP contribution in [0, 0.1) is 12.8 Å². The van der Waals surface area contributed by atoms with Crippen LogP contribution in [0.3, 0.4) is 0 Å². The molecule has 1 aliphatic rings. The van der Waals surface area contributed by atoms with Crippen LogP contribution in [0.2, 0.25) is 0 Å². The molecule has 0 radical (unpaired) electrons. The van der Waals surface area contributed by atoms with Crippen LogP contribution in [-0.2, 0) is 19.1 Å². The van der Waals surface area contributed by atoms with Crippen molar-refractivity contribution in [1.82, 2.24) is 15.5 Å². The van der Waals surface area contributed by atoms with E-state index in [1.807, 2.05) is 45.0 Å². The fourth-order valence-electron chi connectivity index (χ4n) is 2.85. The Bertz CT molecular complexity index is 805. The maximum Gasteiger partial charge on any atom is 0.308 e. The molecule has 0 saturated carbocycles. The molecule has 0 spiro atoms. The maximum atomic E-state index is 12.3. The molecule has 1 unspecified atom stereocenters. The minimum atomic E-state index is -0.806. The molecule has 30 heavy (non-hydrogen) atoms. The molecule has 1 atom stereocenters. The van der Waals surface area contributed by atoms with E-state index in [0.717, 1.165) is 17.5 Å². The van der Waals surface area contributed by atoms with Gasteiger partial charge >= 0.3 is 5.97 Å². The summed E-state index contributed by atoms with van der Waals surface area (Å²) in [6.45, 7) is 7.17. The number of ether oxygens (including phenoxy) is 1. The van der Waals surface area contributed by atoms with E-state index in [0.29, 0.717) is 25.6 Å². The number of amides is 2. The number of rotatable bonds is 7. The Labute approximate surface area is 182 Å². The van der Waals surface area contributed by atoms with Crippen LogP contribution in [0.5, 0.6) is 0 Å². The summed E-state index contributed by atoms with van der Waals surface area (Å²) >= 11 is 5.33. The lowest BCUT2D eigenvalue weighted by Gasteiger charge is -2.36. The molecule has 1 aliphatic heterocycles. The van der Waals surface area contributed by atoms with E-state index in [4.69, 9.17) is 17.0 Å². The molecule has 1 fully saturated rings. The highest BCUT2D eigenvalue weighted by molar-refractivity contribution is 7.80. The molecule has 7 nitrogen and oxygen atoms in total. The molecular formula is C22H29N3O4S. The van der Waals surface area contributed by atoms with E-state index in [9.17, 15) is 14.4 Å². The average molecular weight is 432 g/mol. The molecule has 2 amide bonds. The van der Waals surface area contributed by atoms with Gasteiger partial charge in [0.05, 0.1) is 13.0 Å². The van der Waals surface area contributed by atoms with E-state index in [-0.39, 0.29) is 17.4 Å². The number of nitrogens with zero attached hydrogens (tertiary/aromatic N) is 1. The highest BCUT2D eigenvalue weighted by Gasteiger charge is 2.34. The van der Waals surface area contributed by atoms with Gasteiger partial charge in [0, 0.05) is 19.2 Å². The van der Waals surface area contributed by atoms with Crippen LogP contribution in [0.1, 0.15) is 37.8 Å². The number of aryl methyl sites for hydroxylation is 1. The van der Waals surface area contributed by atoms with E-state index in [2.05, 4.69) is 10.6 Å². The smallest absolute Gasteiger partial charge is 0.308 e. The highest BCUT2D eigenvalue weighted by Crippen LogP contribution is 2.12. The van der Waals surface area contributed by atoms with Crippen molar-refractivity contribution in [1.29, 1.82) is 0 Å². The highest BCUT2D eigenvalue weighted by atomic mass is 32.1. The van der Waals surface area contributed by atoms with Crippen molar-refractivity contribution in [2.45, 2.75) is 39.7 Å². The summed E-state index contributed by atoms with van der Waals surface area (Å²) in [5, 5.41) is 5.45. The molecule has 1 aromatic rings. The number of carbonyl (C=O) groups is 3. The lowest BCUT2D eigenvalue weighted by atomic mass is 10.1. The molecule has 0 aromatic heterocycles. The van der Waals surface area contributed by atoms with Gasteiger partial charge in [0.2, 0.25) is 11.8 Å². The second kappa shape index (κ2) is 11.4. The molecule has 2 N–H and O–H groups in total. The van der Waals surface area contributed by atoms with Gasteiger partial charge in [-0.3, -0.25) is 19.7 Å². The molecule has 8 heteroatoms. The Morgan fingerprint density at radius 3 is 2.70 bits per heavy atom. The Hall–Kier alpha value is -2.74. The van der Waals surface area contributed by atoms with Crippen LogP contribution in [0.15, 0.2) is 30.3 Å². The number of hydrogen-bond donors (Lipinski definition) is 2. The number of esters is 1. The van der Waals surface area contributed by atoms with Crippen molar-refractivity contribution in [3.63, 3.8) is 0 Å². The first kappa shape index (κ1) is 23.5. The van der Waals surface area contributed by atoms with Crippen molar-refractivity contribution in [3.8, 4) is 0 Å². The number of carbonyl (C=O) groups excluding carboxylic acids is 3. The maximum absolute atomic E-state index is 12.3. The van der Waals surface area contributed by atoms with Gasteiger partial charge in [0.25, 0.3) is 0 Å². The third-order valence-electron chi connectivity index (χ3n) is 4.64. The van der Waals surface area contributed by atoms with E-state index in [1.54, 1.807) is 11.0 Å². The van der Waals surface area contributed by atoms with Crippen LogP contribution in [-0.4, -0.2) is 53.5 Å². The van der Waals surface area contributed by atoms with Gasteiger partial charge in [-0.1, -0.05) is 43.7 Å². The molecule has 0 bridgehead atoms. The van der Waals surface area contributed by atoms with Crippen molar-refractivity contribution in [2.24, 2.45) is 5.92 Å². The summed E-state index contributed by atoms with van der Waals surface area (Å²) < 4.78 is 5.22. The minimum Gasteiger partial charge on any atom is -0.466 e. The number of piperazine rings is 1. The lowest BCUT2D eigenvalue weighted by molar-refractivity contribution is -0.147. The van der Waals surface area contributed by atoms with Crippen LogP contribution in [0.25, 0.3) is 6.08 Å². The van der Waals surface area contributed by atoms with E-state index < -0.39 is 17.9 Å². The summed E-state index contributed by atoms with van der Waals surface area (Å²) in [6.07, 6.45) is 3.70. The Morgan fingerprint density at radius 1 is 1.33 bits per heavy atom. The molecular weight excluding hydrogens is 402 g/mol. The molecule has 162 valence electrons. The lowest BCUT2D eigenvalue weighted by Crippen LogP contribution is -2.60. The van der Waals surface area contributed by atoms with E-state index in [1.165, 1.54) is 6.08 Å². The van der Waals surface area contributed by atoms with Gasteiger partial charge < -0.3 is 15.0 Å². The minimum absolute atomic E-state index is 0.114. The van der Waals surface area contributed by atoms with Crippen LogP contribution >= 0.6 is 12.2 Å². The summed E-state index contributed by atoms with van der Waals surface area (Å²) in [4.78, 5) is 38.3. The Kier molecular flexibility index (Phi) is 8.98. The Balaban J connectivity index is 1.93. The second-order valence-corrected chi connectivity index (χ2v) is 8.03. The number of hydrogen-bond acceptors (Lipinski definition) is 5. The predicted octanol–water partition coefficient (Wildman–Crippen LogP) is 2.19. The fourth-order valence-corrected chi connectivity index (χ4v) is 3.17. The molecule has 0 aliphatic carbocycles. The zero-order chi connectivity index (χ0) is 22.1. The monoisotopic (exact) mass is 431 g/mol. The number of thiocarbonyl (C=S) groups is 1. The van der Waals surface area contributed by atoms with Gasteiger partial charge in [0.15, 0.2) is 5.11 Å². The quantitative estimate of drug-likeness (QED) is 0.391. The SMILES string of the molecule is Cc1ccc(/C=C/C(=O)NC(=S)N2CCNC(=O)C2CC(=O)OCCC(C)C)cc1. The van der Waals surface area contributed by atoms with Gasteiger partial charge in [-0.25, -0.2) is 0 Å². The van der Waals surface area contributed by atoms with Crippen molar-refractivity contribution < 1.29 is 19.1 Å². The summed E-state index contributed by atoms with van der Waals surface area (Å²) in [7, 11) is 0. The van der Waals surface area contributed by atoms with Crippen molar-refractivity contribution in [2.75, 3.05) is 19.7 Å². The fraction of sp³-hybridized carbons (Fsp3) is 0.455. The number of benzene rings is 1. The molecule has 1 aromatic carbocycles. The Morgan fingerprint density at radius 2 is 2.03 bits per heavy atom. The molecule has 1 saturated heterocycles. The zero-order valence-electron chi connectivity index (χ0n) is 17.6. The summed E-state index contributed by atoms with van der Waals surface area (Å²) in [5.74, 6) is -0.752. The number of nitrogens with one attached hydrogen (secondary N) is 2. The average Bonchev–Trinajstić information content (AvgIpc) is 2.68. The van der Waals surface area contributed by atoms with Gasteiger partial charge in [-0.05, 0) is 43.1 Å². The molecule has 1 heterocycles. The predicted molar refractivity (Wildman–Crippen MR) is 119 cm³/mol. The summed E-state index contributed by atoms with van der Waals surface area (Å²) in [5.41, 5.74) is 2.02. The zero-order valence-corrected chi connectivity index (χ0v) is 18.5. The van der Waals surface area contributed by atoms with Gasteiger partial charge in [-0.2, -0.15) is 0 Å². The molecule has 2 rings (SSSR count). The van der Waals surface area contributed by atoms with Gasteiger partial charge in [-0.15, -0.1) is 0 Å². The summed E-state index contributed by atoms with van der Waals surface area (Å²) in [6, 6.07) is 6.93. The topological polar surface area (TPSA) is 87.7 Å². The van der Waals surface area contributed by atoms with Crippen molar-refractivity contribution >= 4 is 41.2 Å². The van der Waals surface area contributed by atoms with E-state index >= 15 is 0 Å². The third kappa shape index (κ3) is 7.59. The van der Waals surface area contributed by atoms with Crippen molar-refractivity contribution in [3.05, 3.63) is 41.5 Å². The standard InChI is InChI=1S/C22H29N3O4S/c1-15(2)10-13-29-20(27)14-18-21(28)23-11-12-25(18)22(30)24-19(26)9-8-17-6-4-16(3)5-7-17/h4-9,15,18H,10-14H2,1-3H3,(H,23,28)(H,24,26,30)/b9-8+. The third-order valence-corrected chi connectivity index (χ3v) is 4.98. The van der Waals surface area contributed by atoms with Crippen LogP contribution < -0.4 is 10.6 Å². The first-order chi connectivity index (χ1) is 14.3. The first-order valence-electron chi connectivity index (χ1n) is 10.1. The largest absolute Gasteiger partial charge is 0.466 e. The van der Waals surface area contributed by atoms with Gasteiger partial charge in [0.1, 0.15) is 6.04 Å².